The van der Waals surface area contributed by atoms with Gasteiger partial charge in [0.2, 0.25) is 5.95 Å². The van der Waals surface area contributed by atoms with Crippen LogP contribution < -0.4 is 10.9 Å². The second-order valence-electron chi connectivity index (χ2n) is 9.91. The largest absolute Gasteiger partial charge is 0.324 e. The van der Waals surface area contributed by atoms with Crippen LogP contribution in [0.4, 0.5) is 11.6 Å². The van der Waals surface area contributed by atoms with Crippen LogP contribution in [0.3, 0.4) is 0 Å². The van der Waals surface area contributed by atoms with Gasteiger partial charge in [-0.15, -0.1) is 0 Å². The van der Waals surface area contributed by atoms with E-state index in [9.17, 15) is 9.00 Å². The highest BCUT2D eigenvalue weighted by atomic mass is 35.5. The number of nitrogens with one attached hydrogen (secondary N) is 1. The van der Waals surface area contributed by atoms with Gasteiger partial charge in [-0.05, 0) is 88.1 Å². The lowest BCUT2D eigenvalue weighted by molar-refractivity contribution is 0.282. The molecular weight excluding hydrogens is 468 g/mol. The van der Waals surface area contributed by atoms with Crippen molar-refractivity contribution in [2.24, 2.45) is 11.8 Å². The molecule has 182 valence electrons. The lowest BCUT2D eigenvalue weighted by atomic mass is 9.81. The summed E-state index contributed by atoms with van der Waals surface area (Å²) in [5, 5.41) is 4.35. The van der Waals surface area contributed by atoms with Crippen molar-refractivity contribution < 1.29 is 4.21 Å². The Balaban J connectivity index is 1.55. The number of aromatic nitrogens is 3. The molecule has 0 saturated heterocycles. The maximum absolute atomic E-state index is 13.2. The van der Waals surface area contributed by atoms with Crippen LogP contribution in [0.1, 0.15) is 65.0 Å². The first kappa shape index (κ1) is 24.9. The molecule has 0 bridgehead atoms. The van der Waals surface area contributed by atoms with E-state index in [0.29, 0.717) is 22.9 Å². The van der Waals surface area contributed by atoms with Crippen molar-refractivity contribution in [3.8, 4) is 0 Å². The molecule has 1 atom stereocenters. The van der Waals surface area contributed by atoms with Gasteiger partial charge in [0.1, 0.15) is 10.7 Å². The summed E-state index contributed by atoms with van der Waals surface area (Å²) in [5.41, 5.74) is 2.09. The van der Waals surface area contributed by atoms with Crippen molar-refractivity contribution in [2.75, 3.05) is 5.32 Å². The van der Waals surface area contributed by atoms with E-state index >= 15 is 0 Å². The maximum atomic E-state index is 13.2. The summed E-state index contributed by atoms with van der Waals surface area (Å²) in [6, 6.07) is 7.38. The first-order valence-electron chi connectivity index (χ1n) is 12.0. The number of hydrogen-bond acceptors (Lipinski definition) is 5. The lowest BCUT2D eigenvalue weighted by Crippen LogP contribution is -2.25. The van der Waals surface area contributed by atoms with Gasteiger partial charge in [0.25, 0.3) is 5.56 Å². The molecule has 2 heterocycles. The molecule has 8 heteroatoms. The molecule has 34 heavy (non-hydrogen) atoms. The normalized spacial score (nSPS) is 19.6. The van der Waals surface area contributed by atoms with E-state index in [1.54, 1.807) is 16.8 Å². The number of hydrogen-bond donors (Lipinski definition) is 1. The monoisotopic (exact) mass is 500 g/mol. The average molecular weight is 501 g/mol. The van der Waals surface area contributed by atoms with Crippen LogP contribution in [0.2, 0.25) is 5.02 Å². The molecule has 0 spiro atoms. The fourth-order valence-electron chi connectivity index (χ4n) is 4.81. The zero-order valence-corrected chi connectivity index (χ0v) is 22.0. The summed E-state index contributed by atoms with van der Waals surface area (Å²) in [6.45, 7) is 10.4. The van der Waals surface area contributed by atoms with Gasteiger partial charge in [-0.1, -0.05) is 25.4 Å². The van der Waals surface area contributed by atoms with E-state index in [1.807, 2.05) is 39.0 Å². The molecule has 1 unspecified atom stereocenters. The highest BCUT2D eigenvalue weighted by Crippen LogP contribution is 2.34. The van der Waals surface area contributed by atoms with Gasteiger partial charge >= 0.3 is 0 Å². The number of pyridine rings is 1. The molecular formula is C26H33ClN4O2S. The van der Waals surface area contributed by atoms with Gasteiger partial charge in [0.15, 0.2) is 0 Å². The summed E-state index contributed by atoms with van der Waals surface area (Å²) in [7, 11) is -1.00. The zero-order valence-electron chi connectivity index (χ0n) is 20.5. The van der Waals surface area contributed by atoms with Gasteiger partial charge in [0, 0.05) is 33.5 Å². The standard InChI is InChI=1S/C26H33ClN4O2S/c1-15(2)18-6-8-20(9-7-18)34(33)21-10-11-23(17(5)12-21)29-26-28-14-19-13-22(27)25(32)31(16(3)4)24(19)30-26/h10-16,18,20H,6-9H2,1-5H3,(H,28,29,30). The first-order valence-corrected chi connectivity index (χ1v) is 13.6. The molecule has 1 N–H and O–H groups in total. The Kier molecular flexibility index (Phi) is 7.43. The van der Waals surface area contributed by atoms with Crippen LogP contribution in [-0.2, 0) is 10.8 Å². The molecule has 2 aromatic heterocycles. The van der Waals surface area contributed by atoms with Crippen molar-refractivity contribution in [3.05, 3.63) is 51.4 Å². The van der Waals surface area contributed by atoms with Crippen molar-refractivity contribution in [2.45, 2.75) is 76.5 Å². The maximum Gasteiger partial charge on any atom is 0.271 e. The molecule has 6 nitrogen and oxygen atoms in total. The quantitative estimate of drug-likeness (QED) is 0.423. The molecule has 0 amide bonds. The molecule has 1 aromatic carbocycles. The van der Waals surface area contributed by atoms with E-state index in [-0.39, 0.29) is 21.9 Å². The van der Waals surface area contributed by atoms with Gasteiger partial charge in [0.05, 0.1) is 10.8 Å². The minimum absolute atomic E-state index is 0.0944. The van der Waals surface area contributed by atoms with Crippen LogP contribution in [0.5, 0.6) is 0 Å². The Labute approximate surface area is 208 Å². The van der Waals surface area contributed by atoms with Gasteiger partial charge < -0.3 is 5.32 Å². The molecule has 0 radical (unpaired) electrons. The van der Waals surface area contributed by atoms with E-state index in [0.717, 1.165) is 34.9 Å². The van der Waals surface area contributed by atoms with Crippen molar-refractivity contribution in [1.82, 2.24) is 14.5 Å². The van der Waals surface area contributed by atoms with Gasteiger partial charge in [-0.3, -0.25) is 13.6 Å². The molecule has 1 saturated carbocycles. The number of halogens is 1. The van der Waals surface area contributed by atoms with Crippen LogP contribution in [0, 0.1) is 18.8 Å². The first-order chi connectivity index (χ1) is 16.2. The van der Waals surface area contributed by atoms with Gasteiger partial charge in [-0.25, -0.2) is 4.98 Å². The second-order valence-corrected chi connectivity index (χ2v) is 12.1. The van der Waals surface area contributed by atoms with E-state index in [2.05, 4.69) is 29.1 Å². The smallest absolute Gasteiger partial charge is 0.271 e. The molecule has 4 rings (SSSR count). The van der Waals surface area contributed by atoms with E-state index in [1.165, 1.54) is 12.8 Å². The average Bonchev–Trinajstić information content (AvgIpc) is 2.80. The minimum Gasteiger partial charge on any atom is -0.324 e. The predicted octanol–water partition coefficient (Wildman–Crippen LogP) is 6.40. The third-order valence-corrected chi connectivity index (χ3v) is 8.95. The number of nitrogens with zero attached hydrogens (tertiary/aromatic N) is 3. The molecule has 3 aromatic rings. The summed E-state index contributed by atoms with van der Waals surface area (Å²) in [5.74, 6) is 1.85. The Hall–Kier alpha value is -2.25. The molecule has 1 aliphatic rings. The van der Waals surface area contributed by atoms with Crippen LogP contribution >= 0.6 is 11.6 Å². The summed E-state index contributed by atoms with van der Waals surface area (Å²) < 4.78 is 14.8. The summed E-state index contributed by atoms with van der Waals surface area (Å²) in [4.78, 5) is 22.4. The third kappa shape index (κ3) is 5.05. The number of fused-ring (bicyclic) bond motifs is 1. The lowest BCUT2D eigenvalue weighted by Gasteiger charge is -2.30. The number of benzene rings is 1. The summed E-state index contributed by atoms with van der Waals surface area (Å²) in [6.07, 6.45) is 6.06. The SMILES string of the molecule is Cc1cc(S(=O)C2CCC(C(C)C)CC2)ccc1Nc1ncc2cc(Cl)c(=O)n(C(C)C)c2n1. The Morgan fingerprint density at radius 3 is 2.44 bits per heavy atom. The number of aryl methyl sites for hydroxylation is 1. The van der Waals surface area contributed by atoms with Crippen LogP contribution in [0.25, 0.3) is 11.0 Å². The third-order valence-electron chi connectivity index (χ3n) is 6.89. The topological polar surface area (TPSA) is 76.9 Å². The Morgan fingerprint density at radius 1 is 1.12 bits per heavy atom. The van der Waals surface area contributed by atoms with Crippen LogP contribution in [-0.4, -0.2) is 24.0 Å². The van der Waals surface area contributed by atoms with Gasteiger partial charge in [-0.2, -0.15) is 4.98 Å². The predicted molar refractivity (Wildman–Crippen MR) is 141 cm³/mol. The fraction of sp³-hybridized carbons (Fsp3) is 0.500. The highest BCUT2D eigenvalue weighted by Gasteiger charge is 2.27. The molecule has 1 fully saturated rings. The Morgan fingerprint density at radius 2 is 1.82 bits per heavy atom. The number of rotatable bonds is 6. The summed E-state index contributed by atoms with van der Waals surface area (Å²) >= 11 is 6.12. The van der Waals surface area contributed by atoms with E-state index < -0.39 is 10.8 Å². The Bertz CT molecular complexity index is 1280. The van der Waals surface area contributed by atoms with Crippen molar-refractivity contribution >= 4 is 45.1 Å². The second kappa shape index (κ2) is 10.2. The molecule has 0 aliphatic heterocycles. The zero-order chi connectivity index (χ0) is 24.6. The minimum atomic E-state index is -1.00. The highest BCUT2D eigenvalue weighted by molar-refractivity contribution is 7.85. The fourth-order valence-corrected chi connectivity index (χ4v) is 6.60. The molecule has 1 aliphatic carbocycles. The van der Waals surface area contributed by atoms with E-state index in [4.69, 9.17) is 11.6 Å². The number of anilines is 2. The van der Waals surface area contributed by atoms with Crippen LogP contribution in [0.15, 0.2) is 40.2 Å². The van der Waals surface area contributed by atoms with Crippen molar-refractivity contribution in [1.29, 1.82) is 0 Å². The van der Waals surface area contributed by atoms with Crippen molar-refractivity contribution in [3.63, 3.8) is 0 Å².